The minimum atomic E-state index is -0.807. The number of amides is 3. The van der Waals surface area contributed by atoms with Crippen molar-refractivity contribution < 1.29 is 18.8 Å². The SMILES string of the molecule is NC(=O)c1cncc(NC(=O)C(=O)N2CC3(CCC2c2ccc(F)cc2)CC3)c1. The molecule has 0 bridgehead atoms. The number of pyridine rings is 1. The molecule has 0 radical (unpaired) electrons. The molecule has 1 saturated carbocycles. The van der Waals surface area contributed by atoms with Gasteiger partial charge in [0.1, 0.15) is 5.82 Å². The first-order chi connectivity index (χ1) is 13.9. The van der Waals surface area contributed by atoms with Gasteiger partial charge >= 0.3 is 11.8 Å². The molecular formula is C21H21FN4O3. The smallest absolute Gasteiger partial charge is 0.313 e. The molecule has 4 rings (SSSR count). The highest BCUT2D eigenvalue weighted by molar-refractivity contribution is 6.39. The summed E-state index contributed by atoms with van der Waals surface area (Å²) in [7, 11) is 0. The van der Waals surface area contributed by atoms with Crippen LogP contribution in [0.2, 0.25) is 0 Å². The van der Waals surface area contributed by atoms with E-state index in [1.54, 1.807) is 17.0 Å². The van der Waals surface area contributed by atoms with Gasteiger partial charge in [-0.05, 0) is 54.9 Å². The summed E-state index contributed by atoms with van der Waals surface area (Å²) in [4.78, 5) is 42.4. The monoisotopic (exact) mass is 396 g/mol. The Bertz CT molecular complexity index is 972. The molecule has 150 valence electrons. The standard InChI is InChI=1S/C21H21FN4O3/c22-15-3-1-13(2-4-15)17-5-6-21(7-8-21)12-26(17)20(29)19(28)25-16-9-14(18(23)27)10-24-11-16/h1-4,9-11,17H,5-8,12H2,(H2,23,27)(H,25,28). The second-order valence-corrected chi connectivity index (χ2v) is 7.82. The molecule has 1 saturated heterocycles. The summed E-state index contributed by atoms with van der Waals surface area (Å²) in [5.74, 6) is -2.49. The van der Waals surface area contributed by atoms with Gasteiger partial charge in [0.25, 0.3) is 0 Å². The first kappa shape index (κ1) is 19.0. The van der Waals surface area contributed by atoms with Crippen LogP contribution in [0.15, 0.2) is 42.7 Å². The fourth-order valence-electron chi connectivity index (χ4n) is 3.94. The number of piperidine rings is 1. The van der Waals surface area contributed by atoms with Gasteiger partial charge in [0, 0.05) is 12.7 Å². The molecule has 3 N–H and O–H groups in total. The van der Waals surface area contributed by atoms with Crippen molar-refractivity contribution in [2.24, 2.45) is 11.1 Å². The van der Waals surface area contributed by atoms with Gasteiger partial charge < -0.3 is 16.0 Å². The van der Waals surface area contributed by atoms with E-state index in [0.29, 0.717) is 6.54 Å². The Morgan fingerprint density at radius 1 is 1.14 bits per heavy atom. The average Bonchev–Trinajstić information content (AvgIpc) is 3.47. The number of anilines is 1. The number of aromatic nitrogens is 1. The summed E-state index contributed by atoms with van der Waals surface area (Å²) >= 11 is 0. The van der Waals surface area contributed by atoms with Crippen LogP contribution in [0.1, 0.15) is 47.6 Å². The lowest BCUT2D eigenvalue weighted by Crippen LogP contribution is -2.47. The van der Waals surface area contributed by atoms with E-state index in [0.717, 1.165) is 31.2 Å². The molecule has 3 amide bonds. The molecule has 1 aromatic carbocycles. The van der Waals surface area contributed by atoms with E-state index in [4.69, 9.17) is 5.73 Å². The molecule has 2 aromatic rings. The number of rotatable bonds is 3. The minimum Gasteiger partial charge on any atom is -0.366 e. The van der Waals surface area contributed by atoms with Crippen LogP contribution in [0.25, 0.3) is 0 Å². The predicted octanol–water partition coefficient (Wildman–Crippen LogP) is 2.40. The summed E-state index contributed by atoms with van der Waals surface area (Å²) in [5.41, 5.74) is 6.48. The Kier molecular flexibility index (Phi) is 4.77. The van der Waals surface area contributed by atoms with Gasteiger partial charge in [-0.2, -0.15) is 0 Å². The molecule has 8 heteroatoms. The van der Waals surface area contributed by atoms with Crippen LogP contribution < -0.4 is 11.1 Å². The van der Waals surface area contributed by atoms with Gasteiger partial charge in [0.2, 0.25) is 5.91 Å². The van der Waals surface area contributed by atoms with E-state index in [2.05, 4.69) is 10.3 Å². The van der Waals surface area contributed by atoms with E-state index in [9.17, 15) is 18.8 Å². The minimum absolute atomic E-state index is 0.0971. The van der Waals surface area contributed by atoms with Crippen molar-refractivity contribution in [2.75, 3.05) is 11.9 Å². The van der Waals surface area contributed by atoms with Crippen molar-refractivity contribution in [2.45, 2.75) is 31.7 Å². The predicted molar refractivity (Wildman–Crippen MR) is 103 cm³/mol. The quantitative estimate of drug-likeness (QED) is 0.777. The van der Waals surface area contributed by atoms with Gasteiger partial charge in [-0.3, -0.25) is 19.4 Å². The molecular weight excluding hydrogens is 375 g/mol. The van der Waals surface area contributed by atoms with Gasteiger partial charge in [-0.25, -0.2) is 4.39 Å². The van der Waals surface area contributed by atoms with E-state index in [-0.39, 0.29) is 28.5 Å². The Morgan fingerprint density at radius 2 is 1.86 bits per heavy atom. The van der Waals surface area contributed by atoms with Gasteiger partial charge in [-0.1, -0.05) is 12.1 Å². The number of nitrogens with one attached hydrogen (secondary N) is 1. The van der Waals surface area contributed by atoms with Crippen LogP contribution in [-0.4, -0.2) is 34.2 Å². The lowest BCUT2D eigenvalue weighted by atomic mass is 9.86. The van der Waals surface area contributed by atoms with Crippen LogP contribution in [-0.2, 0) is 9.59 Å². The summed E-state index contributed by atoms with van der Waals surface area (Å²) in [6.07, 6.45) is 6.41. The van der Waals surface area contributed by atoms with Crippen LogP contribution in [0.3, 0.4) is 0 Å². The zero-order valence-corrected chi connectivity index (χ0v) is 15.7. The molecule has 2 fully saturated rings. The molecule has 7 nitrogen and oxygen atoms in total. The lowest BCUT2D eigenvalue weighted by molar-refractivity contribution is -0.147. The van der Waals surface area contributed by atoms with Gasteiger partial charge in [0.05, 0.1) is 23.5 Å². The molecule has 1 aliphatic heterocycles. The molecule has 2 heterocycles. The third kappa shape index (κ3) is 3.96. The zero-order chi connectivity index (χ0) is 20.6. The Hall–Kier alpha value is -3.29. The number of carbonyl (C=O) groups excluding carboxylic acids is 3. The number of primary amides is 1. The molecule has 1 aromatic heterocycles. The second-order valence-electron chi connectivity index (χ2n) is 7.82. The maximum Gasteiger partial charge on any atom is 0.313 e. The molecule has 1 unspecified atom stereocenters. The van der Waals surface area contributed by atoms with Crippen LogP contribution in [0, 0.1) is 11.2 Å². The van der Waals surface area contributed by atoms with Crippen molar-refractivity contribution in [1.82, 2.24) is 9.88 Å². The number of benzene rings is 1. The highest BCUT2D eigenvalue weighted by Gasteiger charge is 2.50. The fraction of sp³-hybridized carbons (Fsp3) is 0.333. The number of halogens is 1. The molecule has 1 spiro atoms. The highest BCUT2D eigenvalue weighted by Crippen LogP contribution is 2.55. The molecule has 1 atom stereocenters. The number of nitrogens with zero attached hydrogens (tertiary/aromatic N) is 2. The van der Waals surface area contributed by atoms with Crippen LogP contribution >= 0.6 is 0 Å². The van der Waals surface area contributed by atoms with Crippen molar-refractivity contribution in [3.8, 4) is 0 Å². The van der Waals surface area contributed by atoms with Crippen molar-refractivity contribution >= 4 is 23.4 Å². The summed E-state index contributed by atoms with van der Waals surface area (Å²) in [6, 6.07) is 7.12. The topological polar surface area (TPSA) is 105 Å². The fourth-order valence-corrected chi connectivity index (χ4v) is 3.94. The van der Waals surface area contributed by atoms with E-state index >= 15 is 0 Å². The third-order valence-corrected chi connectivity index (χ3v) is 5.78. The van der Waals surface area contributed by atoms with E-state index in [1.165, 1.54) is 30.6 Å². The van der Waals surface area contributed by atoms with Crippen molar-refractivity contribution in [1.29, 1.82) is 0 Å². The van der Waals surface area contributed by atoms with Crippen LogP contribution in [0.5, 0.6) is 0 Å². The maximum atomic E-state index is 13.3. The van der Waals surface area contributed by atoms with Crippen molar-refractivity contribution in [3.05, 3.63) is 59.7 Å². The second kappa shape index (κ2) is 7.27. The molecule has 29 heavy (non-hydrogen) atoms. The molecule has 2 aliphatic rings. The average molecular weight is 396 g/mol. The number of nitrogens with two attached hydrogens (primary N) is 1. The van der Waals surface area contributed by atoms with Gasteiger partial charge in [-0.15, -0.1) is 0 Å². The number of carbonyl (C=O) groups is 3. The Balaban J connectivity index is 1.55. The maximum absolute atomic E-state index is 13.3. The Morgan fingerprint density at radius 3 is 2.52 bits per heavy atom. The lowest BCUT2D eigenvalue weighted by Gasteiger charge is -2.40. The summed E-state index contributed by atoms with van der Waals surface area (Å²) in [6.45, 7) is 0.501. The first-order valence-corrected chi connectivity index (χ1v) is 9.49. The normalized spacial score (nSPS) is 19.6. The number of hydrogen-bond donors (Lipinski definition) is 2. The summed E-state index contributed by atoms with van der Waals surface area (Å²) < 4.78 is 13.3. The van der Waals surface area contributed by atoms with Crippen LogP contribution in [0.4, 0.5) is 10.1 Å². The molecule has 1 aliphatic carbocycles. The van der Waals surface area contributed by atoms with Crippen molar-refractivity contribution in [3.63, 3.8) is 0 Å². The van der Waals surface area contributed by atoms with E-state index < -0.39 is 17.7 Å². The largest absolute Gasteiger partial charge is 0.366 e. The highest BCUT2D eigenvalue weighted by atomic mass is 19.1. The Labute approximate surface area is 167 Å². The summed E-state index contributed by atoms with van der Waals surface area (Å²) in [5, 5.41) is 2.50. The zero-order valence-electron chi connectivity index (χ0n) is 15.7. The van der Waals surface area contributed by atoms with Gasteiger partial charge in [0.15, 0.2) is 0 Å². The number of hydrogen-bond acceptors (Lipinski definition) is 4. The third-order valence-electron chi connectivity index (χ3n) is 5.78. The number of likely N-dealkylation sites (tertiary alicyclic amines) is 1. The van der Waals surface area contributed by atoms with E-state index in [1.807, 2.05) is 0 Å². The first-order valence-electron chi connectivity index (χ1n) is 9.49.